The number of carbonyl (C=O) groups is 1. The fourth-order valence-corrected chi connectivity index (χ4v) is 4.00. The van der Waals surface area contributed by atoms with Crippen LogP contribution in [0.1, 0.15) is 41.6 Å². The molecule has 2 heterocycles. The van der Waals surface area contributed by atoms with Crippen LogP contribution in [0.25, 0.3) is 11.0 Å². The minimum atomic E-state index is -0.466. The van der Waals surface area contributed by atoms with Gasteiger partial charge in [0.2, 0.25) is 0 Å². The van der Waals surface area contributed by atoms with Crippen LogP contribution in [0.3, 0.4) is 0 Å². The van der Waals surface area contributed by atoms with Gasteiger partial charge in [0, 0.05) is 23.4 Å². The van der Waals surface area contributed by atoms with Crippen LogP contribution in [-0.4, -0.2) is 32.7 Å². The topological polar surface area (TPSA) is 67.2 Å². The molecular weight excluding hydrogens is 406 g/mol. The highest BCUT2D eigenvalue weighted by atomic mass is 79.9. The van der Waals surface area contributed by atoms with Gasteiger partial charge in [-0.1, -0.05) is 40.9 Å². The Labute approximate surface area is 166 Å². The molecule has 1 fully saturated rings. The van der Waals surface area contributed by atoms with Crippen molar-refractivity contribution in [3.8, 4) is 0 Å². The van der Waals surface area contributed by atoms with E-state index in [0.717, 1.165) is 41.2 Å². The zero-order valence-electron chi connectivity index (χ0n) is 14.9. The molecule has 2 N–H and O–H groups in total. The van der Waals surface area contributed by atoms with Gasteiger partial charge in [0.25, 0.3) is 5.91 Å². The molecule has 1 aliphatic rings. The van der Waals surface area contributed by atoms with E-state index in [4.69, 9.17) is 0 Å². The molecule has 0 saturated heterocycles. The number of aliphatic hydroxyl groups is 1. The predicted octanol–water partition coefficient (Wildman–Crippen LogP) is 3.88. The Hall–Kier alpha value is -2.18. The molecule has 3 aromatic rings. The lowest BCUT2D eigenvalue weighted by atomic mass is 9.92. The van der Waals surface area contributed by atoms with Crippen LogP contribution in [0.4, 0.5) is 0 Å². The fraction of sp³-hybridized carbons (Fsp3) is 0.333. The minimum absolute atomic E-state index is 0.167. The summed E-state index contributed by atoms with van der Waals surface area (Å²) in [6, 6.07) is 11.8. The van der Waals surface area contributed by atoms with Crippen molar-refractivity contribution in [1.29, 1.82) is 0 Å². The Morgan fingerprint density at radius 3 is 2.78 bits per heavy atom. The second kappa shape index (κ2) is 7.82. The van der Waals surface area contributed by atoms with Crippen molar-refractivity contribution in [3.05, 3.63) is 64.4 Å². The number of halogens is 1. The summed E-state index contributed by atoms with van der Waals surface area (Å²) in [5.41, 5.74) is 3.32. The number of aliphatic hydroxyl groups excluding tert-OH is 1. The molecule has 0 bridgehead atoms. The zero-order valence-corrected chi connectivity index (χ0v) is 16.5. The van der Waals surface area contributed by atoms with Crippen molar-refractivity contribution in [1.82, 2.24) is 14.9 Å². The highest BCUT2D eigenvalue weighted by Gasteiger charge is 2.26. The van der Waals surface area contributed by atoms with Crippen LogP contribution in [0.15, 0.2) is 53.3 Å². The molecule has 1 aliphatic carbocycles. The van der Waals surface area contributed by atoms with Gasteiger partial charge in [-0.3, -0.25) is 9.78 Å². The molecule has 4 rings (SSSR count). The second-order valence-electron chi connectivity index (χ2n) is 7.10. The van der Waals surface area contributed by atoms with E-state index >= 15 is 0 Å². The molecule has 0 radical (unpaired) electrons. The maximum Gasteiger partial charge on any atom is 0.255 e. The first kappa shape index (κ1) is 18.2. The van der Waals surface area contributed by atoms with Crippen LogP contribution in [0.5, 0.6) is 0 Å². The zero-order chi connectivity index (χ0) is 18.8. The molecule has 1 amide bonds. The van der Waals surface area contributed by atoms with Crippen LogP contribution < -0.4 is 5.32 Å². The minimum Gasteiger partial charge on any atom is -0.391 e. The quantitative estimate of drug-likeness (QED) is 0.663. The summed E-state index contributed by atoms with van der Waals surface area (Å²) in [4.78, 5) is 17.3. The molecule has 6 heteroatoms. The third-order valence-corrected chi connectivity index (χ3v) is 5.72. The van der Waals surface area contributed by atoms with Crippen molar-refractivity contribution < 1.29 is 9.90 Å². The van der Waals surface area contributed by atoms with Gasteiger partial charge in [0.15, 0.2) is 0 Å². The monoisotopic (exact) mass is 427 g/mol. The molecule has 27 heavy (non-hydrogen) atoms. The molecule has 1 aromatic carbocycles. The Morgan fingerprint density at radius 1 is 1.22 bits per heavy atom. The summed E-state index contributed by atoms with van der Waals surface area (Å²) in [5.74, 6) is -0.167. The van der Waals surface area contributed by atoms with E-state index in [2.05, 4.69) is 42.9 Å². The highest BCUT2D eigenvalue weighted by molar-refractivity contribution is 9.10. The van der Waals surface area contributed by atoms with E-state index < -0.39 is 6.10 Å². The number of carbonyl (C=O) groups excluding carboxylic acids is 1. The molecule has 5 nitrogen and oxygen atoms in total. The molecule has 2 atom stereocenters. The van der Waals surface area contributed by atoms with Crippen molar-refractivity contribution in [3.63, 3.8) is 0 Å². The fourth-order valence-electron chi connectivity index (χ4n) is 3.73. The lowest BCUT2D eigenvalue weighted by molar-refractivity contribution is 0.0718. The lowest BCUT2D eigenvalue weighted by Crippen LogP contribution is -2.45. The summed E-state index contributed by atoms with van der Waals surface area (Å²) < 4.78 is 3.09. The molecule has 140 valence electrons. The van der Waals surface area contributed by atoms with E-state index in [1.807, 2.05) is 30.5 Å². The third-order valence-electron chi connectivity index (χ3n) is 5.19. The van der Waals surface area contributed by atoms with Crippen LogP contribution in [0.2, 0.25) is 0 Å². The molecule has 0 aliphatic heterocycles. The van der Waals surface area contributed by atoms with Gasteiger partial charge in [-0.25, -0.2) is 0 Å². The number of benzene rings is 1. The molecule has 2 aromatic heterocycles. The first-order valence-corrected chi connectivity index (χ1v) is 10.1. The van der Waals surface area contributed by atoms with Crippen LogP contribution in [0, 0.1) is 0 Å². The summed E-state index contributed by atoms with van der Waals surface area (Å²) in [6.45, 7) is 0.662. The maximum atomic E-state index is 12.9. The number of nitrogens with zero attached hydrogens (tertiary/aromatic N) is 2. The van der Waals surface area contributed by atoms with Gasteiger partial charge in [0.1, 0.15) is 5.52 Å². The van der Waals surface area contributed by atoms with Crippen molar-refractivity contribution >= 4 is 32.9 Å². The van der Waals surface area contributed by atoms with E-state index in [1.54, 1.807) is 6.20 Å². The summed E-state index contributed by atoms with van der Waals surface area (Å²) >= 11 is 3.46. The number of pyridine rings is 1. The average Bonchev–Trinajstić information content (AvgIpc) is 3.04. The Bertz CT molecular complexity index is 952. The number of nitrogens with one attached hydrogen (secondary N) is 1. The van der Waals surface area contributed by atoms with Gasteiger partial charge in [0.05, 0.1) is 23.2 Å². The van der Waals surface area contributed by atoms with Crippen LogP contribution in [-0.2, 0) is 6.54 Å². The first-order chi connectivity index (χ1) is 13.1. The maximum absolute atomic E-state index is 12.9. The van der Waals surface area contributed by atoms with Gasteiger partial charge < -0.3 is 15.0 Å². The first-order valence-electron chi connectivity index (χ1n) is 9.29. The second-order valence-corrected chi connectivity index (χ2v) is 8.02. The number of aromatic nitrogens is 2. The Morgan fingerprint density at radius 2 is 2.00 bits per heavy atom. The molecule has 0 spiro atoms. The van der Waals surface area contributed by atoms with Crippen molar-refractivity contribution in [2.45, 2.75) is 44.4 Å². The van der Waals surface area contributed by atoms with E-state index in [0.29, 0.717) is 17.6 Å². The standard InChI is InChI=1S/C21H22BrN3O2/c22-15-9-7-14(8-10-15)12-25-13-16(20-18(25)5-3-11-23-20)21(27)24-17-4-1-2-6-19(17)26/h3,5,7-11,13,17,19,26H,1-2,4,6,12H2,(H,24,27)/t17-,19-/m0/s1. The normalized spacial score (nSPS) is 19.9. The van der Waals surface area contributed by atoms with Crippen LogP contribution >= 0.6 is 15.9 Å². The molecule has 0 unspecified atom stereocenters. The number of amides is 1. The number of fused-ring (bicyclic) bond motifs is 1. The number of hydrogen-bond donors (Lipinski definition) is 2. The van der Waals surface area contributed by atoms with E-state index in [-0.39, 0.29) is 11.9 Å². The number of hydrogen-bond acceptors (Lipinski definition) is 3. The van der Waals surface area contributed by atoms with Gasteiger partial charge in [-0.15, -0.1) is 0 Å². The van der Waals surface area contributed by atoms with Crippen molar-refractivity contribution in [2.75, 3.05) is 0 Å². The summed E-state index contributed by atoms with van der Waals surface area (Å²) in [7, 11) is 0. The smallest absolute Gasteiger partial charge is 0.255 e. The molecular formula is C21H22BrN3O2. The van der Waals surface area contributed by atoms with Crippen molar-refractivity contribution in [2.24, 2.45) is 0 Å². The molecule has 1 saturated carbocycles. The van der Waals surface area contributed by atoms with E-state index in [9.17, 15) is 9.90 Å². The van der Waals surface area contributed by atoms with Gasteiger partial charge in [-0.05, 0) is 42.7 Å². The van der Waals surface area contributed by atoms with Gasteiger partial charge in [-0.2, -0.15) is 0 Å². The third kappa shape index (κ3) is 3.92. The van der Waals surface area contributed by atoms with Gasteiger partial charge >= 0.3 is 0 Å². The summed E-state index contributed by atoms with van der Waals surface area (Å²) in [6.07, 6.45) is 6.72. The van der Waals surface area contributed by atoms with E-state index in [1.165, 1.54) is 0 Å². The SMILES string of the molecule is O=C(N[C@H]1CCCC[C@@H]1O)c1cn(Cc2ccc(Br)cc2)c2cccnc12. The summed E-state index contributed by atoms with van der Waals surface area (Å²) in [5, 5.41) is 13.2. The predicted molar refractivity (Wildman–Crippen MR) is 109 cm³/mol. The Kier molecular flexibility index (Phi) is 5.27. The number of rotatable bonds is 4. The Balaban J connectivity index is 1.63. The highest BCUT2D eigenvalue weighted by Crippen LogP contribution is 2.23. The lowest BCUT2D eigenvalue weighted by Gasteiger charge is -2.28. The average molecular weight is 428 g/mol. The largest absolute Gasteiger partial charge is 0.391 e.